The van der Waals surface area contributed by atoms with Crippen molar-refractivity contribution in [3.63, 3.8) is 0 Å². The largest absolute Gasteiger partial charge is 0.497 e. The van der Waals surface area contributed by atoms with E-state index in [0.717, 1.165) is 12.1 Å². The number of nitrogens with zero attached hydrogens (tertiary/aromatic N) is 1. The fourth-order valence-electron chi connectivity index (χ4n) is 4.84. The topological polar surface area (TPSA) is 94.5 Å². The summed E-state index contributed by atoms with van der Waals surface area (Å²) in [6.45, 7) is 10.9. The number of ether oxygens (including phenoxy) is 4. The zero-order valence-corrected chi connectivity index (χ0v) is 28.8. The number of methoxy groups -OCH3 is 2. The number of carbonyl (C=O) groups excluding carboxylic acids is 1. The van der Waals surface area contributed by atoms with Crippen molar-refractivity contribution in [3.8, 4) is 17.2 Å². The minimum absolute atomic E-state index is 0.0322. The third-order valence-corrected chi connectivity index (χ3v) is 7.07. The average molecular weight is 682 g/mol. The third-order valence-electron chi connectivity index (χ3n) is 7.07. The quantitative estimate of drug-likeness (QED) is 0.134. The summed E-state index contributed by atoms with van der Waals surface area (Å²) < 4.78 is 80.7. The first-order valence-electron chi connectivity index (χ1n) is 15.6. The summed E-state index contributed by atoms with van der Waals surface area (Å²) in [5, 5.41) is 6.89. The molecule has 2 atom stereocenters. The van der Waals surface area contributed by atoms with Gasteiger partial charge in [0, 0.05) is 35.1 Å². The Balaban J connectivity index is 0.00000178. The van der Waals surface area contributed by atoms with Gasteiger partial charge in [-0.3, -0.25) is 9.59 Å². The molecule has 1 amide bonds. The third kappa shape index (κ3) is 11.1. The SMILES string of the molecule is CCC.CCOc1cccc([C@@H](OCC)c2cc(C(F)(F)F)ccc2N(C=O)Cc2ccc(OC)cc2OC)c1C(C)(F)CC.O=CO. The first-order chi connectivity index (χ1) is 22.8. The zero-order valence-electron chi connectivity index (χ0n) is 28.8. The van der Waals surface area contributed by atoms with Crippen molar-refractivity contribution in [2.24, 2.45) is 0 Å². The summed E-state index contributed by atoms with van der Waals surface area (Å²) in [6, 6.07) is 13.0. The van der Waals surface area contributed by atoms with E-state index < -0.39 is 23.5 Å². The van der Waals surface area contributed by atoms with Crippen LogP contribution in [0.1, 0.15) is 88.3 Å². The molecule has 1 unspecified atom stereocenters. The highest BCUT2D eigenvalue weighted by Crippen LogP contribution is 2.46. The molecule has 266 valence electrons. The molecule has 3 rings (SSSR count). The molecule has 0 heterocycles. The summed E-state index contributed by atoms with van der Waals surface area (Å²) in [5.74, 6) is 1.24. The Morgan fingerprint density at radius 2 is 1.50 bits per heavy atom. The Labute approximate surface area is 280 Å². The molecular formula is C36H47F4NO7. The van der Waals surface area contributed by atoms with E-state index >= 15 is 4.39 Å². The first kappa shape index (κ1) is 41.7. The number of amides is 1. The molecule has 3 aromatic carbocycles. The van der Waals surface area contributed by atoms with Crippen LogP contribution in [-0.2, 0) is 32.7 Å². The van der Waals surface area contributed by atoms with Gasteiger partial charge in [-0.25, -0.2) is 4.39 Å². The van der Waals surface area contributed by atoms with Crippen molar-refractivity contribution in [2.45, 2.75) is 78.9 Å². The van der Waals surface area contributed by atoms with Gasteiger partial charge in [0.05, 0.1) is 32.9 Å². The Morgan fingerprint density at radius 3 is 2.00 bits per heavy atom. The molecule has 0 saturated heterocycles. The van der Waals surface area contributed by atoms with Gasteiger partial charge in [-0.2, -0.15) is 13.2 Å². The van der Waals surface area contributed by atoms with E-state index in [-0.39, 0.29) is 55.2 Å². The smallest absolute Gasteiger partial charge is 0.416 e. The lowest BCUT2D eigenvalue weighted by Crippen LogP contribution is -2.25. The molecule has 0 aromatic heterocycles. The van der Waals surface area contributed by atoms with Crippen LogP contribution in [0, 0.1) is 0 Å². The predicted octanol–water partition coefficient (Wildman–Crippen LogP) is 9.12. The summed E-state index contributed by atoms with van der Waals surface area (Å²) in [6.07, 6.45) is -3.98. The number of hydrogen-bond acceptors (Lipinski definition) is 6. The number of hydrogen-bond donors (Lipinski definition) is 1. The predicted molar refractivity (Wildman–Crippen MR) is 178 cm³/mol. The lowest BCUT2D eigenvalue weighted by Gasteiger charge is -2.31. The first-order valence-corrected chi connectivity index (χ1v) is 15.6. The second kappa shape index (κ2) is 20.1. The molecule has 0 aliphatic rings. The molecule has 12 heteroatoms. The van der Waals surface area contributed by atoms with Gasteiger partial charge in [0.15, 0.2) is 0 Å². The van der Waals surface area contributed by atoms with Crippen molar-refractivity contribution in [1.82, 2.24) is 0 Å². The maximum Gasteiger partial charge on any atom is 0.416 e. The van der Waals surface area contributed by atoms with Gasteiger partial charge in [-0.05, 0) is 69.2 Å². The van der Waals surface area contributed by atoms with Crippen LogP contribution < -0.4 is 19.1 Å². The number of anilines is 1. The lowest BCUT2D eigenvalue weighted by atomic mass is 9.85. The van der Waals surface area contributed by atoms with E-state index in [4.69, 9.17) is 28.8 Å². The minimum Gasteiger partial charge on any atom is -0.497 e. The van der Waals surface area contributed by atoms with Crippen LogP contribution in [0.2, 0.25) is 0 Å². The molecule has 0 aliphatic carbocycles. The maximum atomic E-state index is 16.1. The van der Waals surface area contributed by atoms with Crippen molar-refractivity contribution < 1.29 is 51.2 Å². The van der Waals surface area contributed by atoms with E-state index in [1.54, 1.807) is 57.2 Å². The number of rotatable bonds is 14. The van der Waals surface area contributed by atoms with Gasteiger partial charge in [0.2, 0.25) is 6.41 Å². The maximum absolute atomic E-state index is 16.1. The van der Waals surface area contributed by atoms with Gasteiger partial charge in [-0.1, -0.05) is 39.3 Å². The van der Waals surface area contributed by atoms with Crippen molar-refractivity contribution in [1.29, 1.82) is 0 Å². The number of carbonyl (C=O) groups is 2. The number of benzene rings is 3. The summed E-state index contributed by atoms with van der Waals surface area (Å²) in [5.41, 5.74) is -1.52. The van der Waals surface area contributed by atoms with Gasteiger partial charge in [0.1, 0.15) is 29.0 Å². The highest BCUT2D eigenvalue weighted by molar-refractivity contribution is 5.78. The van der Waals surface area contributed by atoms with Gasteiger partial charge >= 0.3 is 6.18 Å². The second-order valence-electron chi connectivity index (χ2n) is 10.5. The lowest BCUT2D eigenvalue weighted by molar-refractivity contribution is -0.137. The van der Waals surface area contributed by atoms with E-state index in [9.17, 15) is 18.0 Å². The van der Waals surface area contributed by atoms with E-state index in [1.165, 1.54) is 38.5 Å². The van der Waals surface area contributed by atoms with Crippen LogP contribution in [0.3, 0.4) is 0 Å². The van der Waals surface area contributed by atoms with Crippen LogP contribution in [-0.4, -0.2) is 45.4 Å². The molecule has 0 saturated carbocycles. The van der Waals surface area contributed by atoms with E-state index in [2.05, 4.69) is 13.8 Å². The highest BCUT2D eigenvalue weighted by Gasteiger charge is 2.37. The molecular weight excluding hydrogens is 634 g/mol. The van der Waals surface area contributed by atoms with Crippen LogP contribution in [0.15, 0.2) is 54.6 Å². The molecule has 1 N–H and O–H groups in total. The Kier molecular flexibility index (Phi) is 17.5. The molecule has 8 nitrogen and oxygen atoms in total. The highest BCUT2D eigenvalue weighted by atomic mass is 19.4. The molecule has 0 bridgehead atoms. The van der Waals surface area contributed by atoms with E-state index in [1.807, 2.05) is 0 Å². The number of alkyl halides is 4. The van der Waals surface area contributed by atoms with Gasteiger partial charge in [-0.15, -0.1) is 0 Å². The normalized spacial score (nSPS) is 12.6. The Morgan fingerprint density at radius 1 is 0.854 bits per heavy atom. The molecule has 0 spiro atoms. The van der Waals surface area contributed by atoms with Crippen LogP contribution in [0.5, 0.6) is 17.2 Å². The van der Waals surface area contributed by atoms with Crippen molar-refractivity contribution >= 4 is 18.6 Å². The average Bonchev–Trinajstić information content (AvgIpc) is 3.06. The molecule has 0 fully saturated rings. The number of halogens is 4. The fraction of sp³-hybridized carbons (Fsp3) is 0.444. The van der Waals surface area contributed by atoms with Crippen molar-refractivity contribution in [3.05, 3.63) is 82.4 Å². The van der Waals surface area contributed by atoms with Crippen LogP contribution in [0.4, 0.5) is 23.2 Å². The monoisotopic (exact) mass is 681 g/mol. The number of carboxylic acid groups (broad SMARTS) is 1. The summed E-state index contributed by atoms with van der Waals surface area (Å²) in [7, 11) is 2.97. The molecule has 0 radical (unpaired) electrons. The minimum atomic E-state index is -4.68. The van der Waals surface area contributed by atoms with Gasteiger partial charge < -0.3 is 29.0 Å². The second-order valence-corrected chi connectivity index (χ2v) is 10.5. The van der Waals surface area contributed by atoms with Gasteiger partial charge in [0.25, 0.3) is 6.47 Å². The van der Waals surface area contributed by atoms with Crippen LogP contribution >= 0.6 is 0 Å². The van der Waals surface area contributed by atoms with Crippen LogP contribution in [0.25, 0.3) is 0 Å². The summed E-state index contributed by atoms with van der Waals surface area (Å²) >= 11 is 0. The molecule has 0 aliphatic heterocycles. The van der Waals surface area contributed by atoms with E-state index in [0.29, 0.717) is 29.0 Å². The fourth-order valence-corrected chi connectivity index (χ4v) is 4.84. The standard InChI is InChI=1S/C32H37F4NO5.C3H8.CH2O2/c1-7-31(4,33)29-24(11-10-12-27(29)41-8-2)30(42-9-3)25-17-22(32(34,35)36)14-16-26(25)37(20-38)19-21-13-15-23(39-5)18-28(21)40-6;1-3-2;2-1-3/h10-18,20,30H,7-9,19H2,1-6H3;3H2,1-2H3;1H,(H,2,3)/t30-,31?;;/m1../s1. The summed E-state index contributed by atoms with van der Waals surface area (Å²) in [4.78, 5) is 22.1. The molecule has 3 aromatic rings. The molecule has 48 heavy (non-hydrogen) atoms. The Bertz CT molecular complexity index is 1430. The van der Waals surface area contributed by atoms with Crippen molar-refractivity contribution in [2.75, 3.05) is 32.3 Å². The zero-order chi connectivity index (χ0) is 36.5. The Hall–Kier alpha value is -4.32.